The summed E-state index contributed by atoms with van der Waals surface area (Å²) in [5, 5.41) is 15.0. The Hall–Kier alpha value is -3.39. The normalized spacial score (nSPS) is 25.4. The van der Waals surface area contributed by atoms with Crippen molar-refractivity contribution in [1.29, 1.82) is 0 Å². The Bertz CT molecular complexity index is 1070. The van der Waals surface area contributed by atoms with Crippen molar-refractivity contribution in [2.24, 2.45) is 5.92 Å². The Balaban J connectivity index is 1.17. The standard InChI is InChI=1S/C27H30N2O6/c30-25(28-17-7-5-6-16(14-17)26(31)32)24-23(12-13-34-24)29-27(33)35-15-22-20-10-3-1-8-18(20)19-9-2-4-11-21(19)22/h1-4,8-11,16-17,22-24H,5-7,12-15H2,(H,28,30)(H,29,33)(H,31,32)/t16?,17?,23-,24+/m0/s1. The molecule has 0 spiro atoms. The van der Waals surface area contributed by atoms with Crippen molar-refractivity contribution in [2.75, 3.05) is 13.2 Å². The van der Waals surface area contributed by atoms with Crippen molar-refractivity contribution in [3.05, 3.63) is 59.7 Å². The van der Waals surface area contributed by atoms with E-state index in [-0.39, 0.29) is 24.5 Å². The van der Waals surface area contributed by atoms with Crippen LogP contribution in [0.1, 0.15) is 49.1 Å². The van der Waals surface area contributed by atoms with Gasteiger partial charge in [-0.3, -0.25) is 9.59 Å². The minimum Gasteiger partial charge on any atom is -0.481 e. The summed E-state index contributed by atoms with van der Waals surface area (Å²) in [6, 6.07) is 15.6. The summed E-state index contributed by atoms with van der Waals surface area (Å²) in [6.45, 7) is 0.553. The lowest BCUT2D eigenvalue weighted by molar-refractivity contribution is -0.143. The third kappa shape index (κ3) is 4.89. The number of fused-ring (bicyclic) bond motifs is 3. The van der Waals surface area contributed by atoms with Gasteiger partial charge in [0.05, 0.1) is 12.0 Å². The molecule has 4 atom stereocenters. The van der Waals surface area contributed by atoms with Gasteiger partial charge < -0.3 is 25.2 Å². The molecule has 1 heterocycles. The van der Waals surface area contributed by atoms with Crippen LogP contribution in [-0.4, -0.2) is 54.5 Å². The number of nitrogens with one attached hydrogen (secondary N) is 2. The van der Waals surface area contributed by atoms with Gasteiger partial charge in [0.2, 0.25) is 0 Å². The second kappa shape index (κ2) is 10.1. The van der Waals surface area contributed by atoms with E-state index < -0.39 is 30.1 Å². The number of hydrogen-bond donors (Lipinski definition) is 3. The van der Waals surface area contributed by atoms with Crippen LogP contribution >= 0.6 is 0 Å². The summed E-state index contributed by atoms with van der Waals surface area (Å²) in [6.07, 6.45) is 1.66. The summed E-state index contributed by atoms with van der Waals surface area (Å²) in [7, 11) is 0. The van der Waals surface area contributed by atoms with Crippen LogP contribution in [0.4, 0.5) is 4.79 Å². The van der Waals surface area contributed by atoms with Gasteiger partial charge >= 0.3 is 12.1 Å². The first-order valence-corrected chi connectivity index (χ1v) is 12.3. The van der Waals surface area contributed by atoms with E-state index in [2.05, 4.69) is 34.9 Å². The molecule has 2 aromatic rings. The van der Waals surface area contributed by atoms with E-state index in [9.17, 15) is 19.5 Å². The van der Waals surface area contributed by atoms with Crippen molar-refractivity contribution in [1.82, 2.24) is 10.6 Å². The van der Waals surface area contributed by atoms with E-state index in [4.69, 9.17) is 9.47 Å². The maximum Gasteiger partial charge on any atom is 0.407 e. The zero-order chi connectivity index (χ0) is 24.4. The minimum atomic E-state index is -0.823. The predicted octanol–water partition coefficient (Wildman–Crippen LogP) is 3.44. The summed E-state index contributed by atoms with van der Waals surface area (Å²) >= 11 is 0. The van der Waals surface area contributed by atoms with Gasteiger partial charge in [-0.25, -0.2) is 4.79 Å². The average molecular weight is 479 g/mol. The first-order chi connectivity index (χ1) is 17.0. The maximum absolute atomic E-state index is 12.8. The highest BCUT2D eigenvalue weighted by Crippen LogP contribution is 2.44. The number of benzene rings is 2. The molecule has 5 rings (SSSR count). The third-order valence-electron chi connectivity index (χ3n) is 7.37. The van der Waals surface area contributed by atoms with Crippen LogP contribution in [0, 0.1) is 5.92 Å². The molecule has 2 amide bonds. The number of hydrogen-bond acceptors (Lipinski definition) is 5. The summed E-state index contributed by atoms with van der Waals surface area (Å²) in [5.41, 5.74) is 4.59. The third-order valence-corrected chi connectivity index (χ3v) is 7.37. The fourth-order valence-corrected chi connectivity index (χ4v) is 5.62. The van der Waals surface area contributed by atoms with Crippen LogP contribution in [-0.2, 0) is 19.1 Å². The van der Waals surface area contributed by atoms with Crippen LogP contribution in [0.25, 0.3) is 11.1 Å². The van der Waals surface area contributed by atoms with E-state index in [1.165, 1.54) is 0 Å². The molecular weight excluding hydrogens is 448 g/mol. The van der Waals surface area contributed by atoms with Gasteiger partial charge in [0, 0.05) is 18.6 Å². The lowest BCUT2D eigenvalue weighted by Gasteiger charge is -2.29. The number of ether oxygens (including phenoxy) is 2. The highest BCUT2D eigenvalue weighted by Gasteiger charge is 2.38. The first kappa shape index (κ1) is 23.4. The average Bonchev–Trinajstić information content (AvgIpc) is 3.45. The van der Waals surface area contributed by atoms with Crippen molar-refractivity contribution in [2.45, 2.75) is 56.2 Å². The van der Waals surface area contributed by atoms with Gasteiger partial charge in [0.1, 0.15) is 6.61 Å². The number of carboxylic acids is 1. The van der Waals surface area contributed by atoms with Crippen molar-refractivity contribution >= 4 is 18.0 Å². The SMILES string of the molecule is O=C(N[C@H]1CCO[C@H]1C(=O)NC1CCCC(C(=O)O)C1)OCC1c2ccccc2-c2ccccc21. The van der Waals surface area contributed by atoms with Crippen molar-refractivity contribution in [3.63, 3.8) is 0 Å². The summed E-state index contributed by atoms with van der Waals surface area (Å²) < 4.78 is 11.2. The van der Waals surface area contributed by atoms with Gasteiger partial charge in [0.15, 0.2) is 6.10 Å². The van der Waals surface area contributed by atoms with E-state index in [0.29, 0.717) is 25.9 Å². The summed E-state index contributed by atoms with van der Waals surface area (Å²) in [5.74, 6) is -1.62. The Kier molecular flexibility index (Phi) is 6.72. The number of amides is 2. The van der Waals surface area contributed by atoms with Gasteiger partial charge in [0.25, 0.3) is 5.91 Å². The van der Waals surface area contributed by atoms with E-state index >= 15 is 0 Å². The molecule has 1 saturated carbocycles. The second-order valence-electron chi connectivity index (χ2n) is 9.56. The molecule has 35 heavy (non-hydrogen) atoms. The molecule has 2 unspecified atom stereocenters. The smallest absolute Gasteiger partial charge is 0.407 e. The molecule has 2 aliphatic carbocycles. The molecule has 0 aromatic heterocycles. The number of carbonyl (C=O) groups excluding carboxylic acids is 2. The Labute approximate surface area is 204 Å². The quantitative estimate of drug-likeness (QED) is 0.586. The number of carboxylic acid groups (broad SMARTS) is 1. The van der Waals surface area contributed by atoms with Gasteiger partial charge in [-0.05, 0) is 47.9 Å². The fourth-order valence-electron chi connectivity index (χ4n) is 5.62. The Morgan fingerprint density at radius 2 is 1.63 bits per heavy atom. The molecule has 2 aromatic carbocycles. The van der Waals surface area contributed by atoms with Crippen molar-refractivity contribution in [3.8, 4) is 11.1 Å². The highest BCUT2D eigenvalue weighted by atomic mass is 16.6. The molecule has 3 aliphatic rings. The maximum atomic E-state index is 12.8. The lowest BCUT2D eigenvalue weighted by atomic mass is 9.85. The zero-order valence-corrected chi connectivity index (χ0v) is 19.4. The number of carbonyl (C=O) groups is 3. The molecule has 8 nitrogen and oxygen atoms in total. The zero-order valence-electron chi connectivity index (χ0n) is 19.4. The topological polar surface area (TPSA) is 114 Å². The fraction of sp³-hybridized carbons (Fsp3) is 0.444. The van der Waals surface area contributed by atoms with Crippen LogP contribution in [0.15, 0.2) is 48.5 Å². The molecule has 0 radical (unpaired) electrons. The predicted molar refractivity (Wildman–Crippen MR) is 128 cm³/mol. The molecule has 0 bridgehead atoms. The van der Waals surface area contributed by atoms with E-state index in [1.807, 2.05) is 24.3 Å². The molecule has 1 saturated heterocycles. The second-order valence-corrected chi connectivity index (χ2v) is 9.56. The molecular formula is C27H30N2O6. The lowest BCUT2D eigenvalue weighted by Crippen LogP contribution is -2.51. The molecule has 1 aliphatic heterocycles. The highest BCUT2D eigenvalue weighted by molar-refractivity contribution is 5.83. The first-order valence-electron chi connectivity index (χ1n) is 12.3. The number of alkyl carbamates (subject to hydrolysis) is 1. The Morgan fingerprint density at radius 3 is 2.31 bits per heavy atom. The molecule has 184 valence electrons. The van der Waals surface area contributed by atoms with E-state index in [0.717, 1.165) is 35.1 Å². The number of rotatable bonds is 6. The largest absolute Gasteiger partial charge is 0.481 e. The minimum absolute atomic E-state index is 0.0412. The Morgan fingerprint density at radius 1 is 0.943 bits per heavy atom. The van der Waals surface area contributed by atoms with Gasteiger partial charge in [-0.1, -0.05) is 55.0 Å². The summed E-state index contributed by atoms with van der Waals surface area (Å²) in [4.78, 5) is 36.8. The van der Waals surface area contributed by atoms with Gasteiger partial charge in [-0.2, -0.15) is 0 Å². The monoisotopic (exact) mass is 478 g/mol. The van der Waals surface area contributed by atoms with Gasteiger partial charge in [-0.15, -0.1) is 0 Å². The molecule has 2 fully saturated rings. The van der Waals surface area contributed by atoms with E-state index in [1.54, 1.807) is 0 Å². The molecule has 3 N–H and O–H groups in total. The number of aliphatic carboxylic acids is 1. The van der Waals surface area contributed by atoms with Crippen LogP contribution < -0.4 is 10.6 Å². The van der Waals surface area contributed by atoms with Crippen LogP contribution in [0.2, 0.25) is 0 Å². The van der Waals surface area contributed by atoms with Crippen LogP contribution in [0.5, 0.6) is 0 Å². The van der Waals surface area contributed by atoms with Crippen molar-refractivity contribution < 1.29 is 29.0 Å². The molecule has 8 heteroatoms. The van der Waals surface area contributed by atoms with Crippen LogP contribution in [0.3, 0.4) is 0 Å².